The molecule has 3 rings (SSSR count). The van der Waals surface area contributed by atoms with Gasteiger partial charge in [0.1, 0.15) is 6.10 Å². The minimum atomic E-state index is -0.130. The predicted molar refractivity (Wildman–Crippen MR) is 97.3 cm³/mol. The number of carbonyl (C=O) groups excluding carboxylic acids is 1. The third kappa shape index (κ3) is 3.84. The molecule has 0 aliphatic carbocycles. The maximum atomic E-state index is 12.6. The lowest BCUT2D eigenvalue weighted by Gasteiger charge is -2.56. The summed E-state index contributed by atoms with van der Waals surface area (Å²) in [4.78, 5) is 16.9. The molecule has 0 radical (unpaired) electrons. The van der Waals surface area contributed by atoms with Crippen molar-refractivity contribution in [2.75, 3.05) is 40.3 Å². The smallest absolute Gasteiger partial charge is 0.317 e. The zero-order valence-electron chi connectivity index (χ0n) is 15.5. The Bertz CT molecular complexity index is 599. The summed E-state index contributed by atoms with van der Waals surface area (Å²) in [6.07, 6.45) is 3.14. The first-order valence-electron chi connectivity index (χ1n) is 9.08. The van der Waals surface area contributed by atoms with Gasteiger partial charge in [-0.05, 0) is 45.4 Å². The number of nitrogens with zero attached hydrogens (tertiary/aromatic N) is 2. The fourth-order valence-corrected chi connectivity index (χ4v) is 3.71. The fourth-order valence-electron chi connectivity index (χ4n) is 3.71. The topological polar surface area (TPSA) is 54.0 Å². The van der Waals surface area contributed by atoms with Gasteiger partial charge in [-0.1, -0.05) is 12.1 Å². The fraction of sp³-hybridized carbons (Fsp3) is 0.632. The highest BCUT2D eigenvalue weighted by Crippen LogP contribution is 2.39. The van der Waals surface area contributed by atoms with Gasteiger partial charge in [-0.2, -0.15) is 0 Å². The van der Waals surface area contributed by atoms with E-state index >= 15 is 0 Å². The number of hydrogen-bond acceptors (Lipinski definition) is 4. The second-order valence-electron chi connectivity index (χ2n) is 7.19. The van der Waals surface area contributed by atoms with Gasteiger partial charge in [0.2, 0.25) is 0 Å². The molecule has 2 saturated heterocycles. The number of likely N-dealkylation sites (tertiary alicyclic amines) is 2. The molecule has 2 amide bonds. The number of ether oxygens (including phenoxy) is 2. The number of hydrogen-bond donors (Lipinski definition) is 1. The van der Waals surface area contributed by atoms with Crippen LogP contribution in [0.4, 0.5) is 4.79 Å². The quantitative estimate of drug-likeness (QED) is 0.888. The Balaban J connectivity index is 1.49. The number of rotatable bonds is 5. The van der Waals surface area contributed by atoms with Gasteiger partial charge < -0.3 is 24.6 Å². The third-order valence-electron chi connectivity index (χ3n) is 5.47. The standard InChI is InChI=1S/C19H29N3O3/c1-15(25-17-7-5-4-6-16(17)24-3)14-20-18(23)22-13-10-19(22)8-11-21(2)12-9-19/h4-7,15H,8-14H2,1-3H3,(H,20,23). The highest BCUT2D eigenvalue weighted by molar-refractivity contribution is 5.76. The molecule has 25 heavy (non-hydrogen) atoms. The molecule has 0 aromatic heterocycles. The van der Waals surface area contributed by atoms with E-state index < -0.39 is 0 Å². The second kappa shape index (κ2) is 7.52. The van der Waals surface area contributed by atoms with Crippen molar-refractivity contribution in [1.29, 1.82) is 0 Å². The van der Waals surface area contributed by atoms with Crippen molar-refractivity contribution in [2.24, 2.45) is 0 Å². The van der Waals surface area contributed by atoms with Crippen LogP contribution in [0.3, 0.4) is 0 Å². The van der Waals surface area contributed by atoms with Crippen molar-refractivity contribution in [3.05, 3.63) is 24.3 Å². The van der Waals surface area contributed by atoms with E-state index in [1.807, 2.05) is 36.1 Å². The van der Waals surface area contributed by atoms with Gasteiger partial charge in [0.05, 0.1) is 13.7 Å². The summed E-state index contributed by atoms with van der Waals surface area (Å²) in [5, 5.41) is 3.03. The van der Waals surface area contributed by atoms with E-state index in [1.165, 1.54) is 0 Å². The lowest BCUT2D eigenvalue weighted by Crippen LogP contribution is -2.67. The van der Waals surface area contributed by atoms with Crippen LogP contribution in [0.25, 0.3) is 0 Å². The van der Waals surface area contributed by atoms with E-state index in [0.29, 0.717) is 18.0 Å². The Kier molecular flexibility index (Phi) is 5.37. The summed E-state index contributed by atoms with van der Waals surface area (Å²) in [7, 11) is 3.77. The van der Waals surface area contributed by atoms with Gasteiger partial charge in [0, 0.05) is 25.2 Å². The molecule has 2 heterocycles. The molecule has 2 aliphatic heterocycles. The third-order valence-corrected chi connectivity index (χ3v) is 5.47. The number of piperidine rings is 1. The summed E-state index contributed by atoms with van der Waals surface area (Å²) < 4.78 is 11.2. The van der Waals surface area contributed by atoms with Crippen molar-refractivity contribution in [3.63, 3.8) is 0 Å². The molecular weight excluding hydrogens is 318 g/mol. The average Bonchev–Trinajstić information content (AvgIpc) is 2.60. The second-order valence-corrected chi connectivity index (χ2v) is 7.19. The number of amides is 2. The molecule has 1 aromatic carbocycles. The Morgan fingerprint density at radius 1 is 1.20 bits per heavy atom. The predicted octanol–water partition coefficient (Wildman–Crippen LogP) is 2.34. The van der Waals surface area contributed by atoms with E-state index in [-0.39, 0.29) is 17.7 Å². The molecule has 2 aliphatic rings. The number of methoxy groups -OCH3 is 1. The molecule has 2 fully saturated rings. The first-order valence-corrected chi connectivity index (χ1v) is 9.08. The number of para-hydroxylation sites is 2. The van der Waals surface area contributed by atoms with E-state index in [1.54, 1.807) is 7.11 Å². The lowest BCUT2D eigenvalue weighted by molar-refractivity contribution is -0.0215. The Morgan fingerprint density at radius 3 is 2.44 bits per heavy atom. The molecule has 1 atom stereocenters. The number of carbonyl (C=O) groups is 1. The van der Waals surface area contributed by atoms with Crippen LogP contribution in [0.5, 0.6) is 11.5 Å². The molecule has 0 bridgehead atoms. The SMILES string of the molecule is COc1ccccc1OC(C)CNC(=O)N1CCC12CCN(C)CC2. The van der Waals surface area contributed by atoms with Crippen LogP contribution in [0.2, 0.25) is 0 Å². The monoisotopic (exact) mass is 347 g/mol. The van der Waals surface area contributed by atoms with E-state index in [9.17, 15) is 4.79 Å². The molecule has 6 nitrogen and oxygen atoms in total. The normalized spacial score (nSPS) is 20.7. The number of benzene rings is 1. The average molecular weight is 347 g/mol. The zero-order valence-corrected chi connectivity index (χ0v) is 15.5. The van der Waals surface area contributed by atoms with Crippen molar-refractivity contribution < 1.29 is 14.3 Å². The van der Waals surface area contributed by atoms with Gasteiger partial charge in [-0.15, -0.1) is 0 Å². The largest absolute Gasteiger partial charge is 0.493 e. The number of nitrogens with one attached hydrogen (secondary N) is 1. The summed E-state index contributed by atoms with van der Waals surface area (Å²) in [6.45, 7) is 5.42. The van der Waals surface area contributed by atoms with Gasteiger partial charge in [-0.25, -0.2) is 4.79 Å². The maximum Gasteiger partial charge on any atom is 0.317 e. The first-order chi connectivity index (χ1) is 12.0. The molecular formula is C19H29N3O3. The Labute approximate surface area is 150 Å². The molecule has 138 valence electrons. The molecule has 1 spiro atoms. The van der Waals surface area contributed by atoms with E-state index in [4.69, 9.17) is 9.47 Å². The van der Waals surface area contributed by atoms with Crippen molar-refractivity contribution in [1.82, 2.24) is 15.1 Å². The highest BCUT2D eigenvalue weighted by atomic mass is 16.5. The minimum Gasteiger partial charge on any atom is -0.493 e. The van der Waals surface area contributed by atoms with Crippen LogP contribution >= 0.6 is 0 Å². The molecule has 1 aromatic rings. The van der Waals surface area contributed by atoms with Crippen molar-refractivity contribution in [2.45, 2.75) is 37.8 Å². The summed E-state index contributed by atoms with van der Waals surface area (Å²) in [5.41, 5.74) is 0.0866. The lowest BCUT2D eigenvalue weighted by atomic mass is 9.77. The van der Waals surface area contributed by atoms with E-state index in [2.05, 4.69) is 17.3 Å². The molecule has 0 saturated carbocycles. The Morgan fingerprint density at radius 2 is 1.84 bits per heavy atom. The van der Waals surface area contributed by atoms with Gasteiger partial charge in [0.15, 0.2) is 11.5 Å². The van der Waals surface area contributed by atoms with Crippen molar-refractivity contribution >= 4 is 6.03 Å². The summed E-state index contributed by atoms with van der Waals surface area (Å²) >= 11 is 0. The summed E-state index contributed by atoms with van der Waals surface area (Å²) in [5.74, 6) is 1.40. The summed E-state index contributed by atoms with van der Waals surface area (Å²) in [6, 6.07) is 7.59. The molecule has 6 heteroatoms. The Hall–Kier alpha value is -1.95. The minimum absolute atomic E-state index is 0.0336. The highest BCUT2D eigenvalue weighted by Gasteiger charge is 2.48. The van der Waals surface area contributed by atoms with Crippen molar-refractivity contribution in [3.8, 4) is 11.5 Å². The van der Waals surface area contributed by atoms with Gasteiger partial charge >= 0.3 is 6.03 Å². The molecule has 1 N–H and O–H groups in total. The number of urea groups is 1. The van der Waals surface area contributed by atoms with Crippen LogP contribution in [-0.4, -0.2) is 67.8 Å². The van der Waals surface area contributed by atoms with Crippen LogP contribution in [0.15, 0.2) is 24.3 Å². The van der Waals surface area contributed by atoms with Crippen LogP contribution in [-0.2, 0) is 0 Å². The van der Waals surface area contributed by atoms with Gasteiger partial charge in [0.25, 0.3) is 0 Å². The van der Waals surface area contributed by atoms with Crippen LogP contribution < -0.4 is 14.8 Å². The van der Waals surface area contributed by atoms with Gasteiger partial charge in [-0.3, -0.25) is 0 Å². The zero-order chi connectivity index (χ0) is 17.9. The van der Waals surface area contributed by atoms with Crippen LogP contribution in [0, 0.1) is 0 Å². The van der Waals surface area contributed by atoms with Crippen LogP contribution in [0.1, 0.15) is 26.2 Å². The van der Waals surface area contributed by atoms with E-state index in [0.717, 1.165) is 38.9 Å². The molecule has 1 unspecified atom stereocenters. The maximum absolute atomic E-state index is 12.6. The first kappa shape index (κ1) is 17.9.